The maximum Gasteiger partial charge on any atom is 0.283 e. The second kappa shape index (κ2) is 4.95. The highest BCUT2D eigenvalue weighted by Gasteiger charge is 2.16. The van der Waals surface area contributed by atoms with Gasteiger partial charge in [-0.05, 0) is 49.9 Å². The molecule has 0 saturated carbocycles. The summed E-state index contributed by atoms with van der Waals surface area (Å²) in [6.45, 7) is 0. The molecule has 2 aromatic rings. The average molecular weight is 313 g/mol. The van der Waals surface area contributed by atoms with E-state index in [4.69, 9.17) is 5.73 Å². The first-order chi connectivity index (χ1) is 8.09. The van der Waals surface area contributed by atoms with Crippen molar-refractivity contribution in [2.75, 3.05) is 0 Å². The molecule has 0 aliphatic rings. The van der Waals surface area contributed by atoms with Crippen molar-refractivity contribution >= 4 is 33.0 Å². The Balaban J connectivity index is 2.40. The third-order valence-electron chi connectivity index (χ3n) is 2.43. The van der Waals surface area contributed by atoms with Crippen molar-refractivity contribution in [3.63, 3.8) is 0 Å². The first kappa shape index (κ1) is 12.2. The predicted octanol–water partition coefficient (Wildman–Crippen LogP) is 3.47. The first-order valence-electron chi connectivity index (χ1n) is 4.81. The SMILES string of the molecule is N[C@@H](c1ccsc1)c1ccc(Br)c([N+](=O)[O-])c1. The van der Waals surface area contributed by atoms with E-state index < -0.39 is 4.92 Å². The van der Waals surface area contributed by atoms with Crippen LogP contribution in [-0.2, 0) is 0 Å². The molecule has 1 aromatic carbocycles. The molecule has 0 unspecified atom stereocenters. The zero-order valence-electron chi connectivity index (χ0n) is 8.67. The summed E-state index contributed by atoms with van der Waals surface area (Å²) in [5.74, 6) is 0. The maximum atomic E-state index is 10.8. The van der Waals surface area contributed by atoms with Gasteiger partial charge in [-0.25, -0.2) is 0 Å². The first-order valence-corrected chi connectivity index (χ1v) is 6.54. The molecule has 0 fully saturated rings. The normalized spacial score (nSPS) is 12.4. The molecular formula is C11H9BrN2O2S. The number of hydrogen-bond acceptors (Lipinski definition) is 4. The van der Waals surface area contributed by atoms with Crippen molar-refractivity contribution in [2.45, 2.75) is 6.04 Å². The van der Waals surface area contributed by atoms with E-state index in [2.05, 4.69) is 15.9 Å². The molecule has 0 aliphatic carbocycles. The van der Waals surface area contributed by atoms with E-state index in [9.17, 15) is 10.1 Å². The molecule has 17 heavy (non-hydrogen) atoms. The monoisotopic (exact) mass is 312 g/mol. The van der Waals surface area contributed by atoms with Gasteiger partial charge in [0, 0.05) is 6.07 Å². The summed E-state index contributed by atoms with van der Waals surface area (Å²) in [5.41, 5.74) is 7.78. The van der Waals surface area contributed by atoms with E-state index in [1.54, 1.807) is 23.5 Å². The summed E-state index contributed by atoms with van der Waals surface area (Å²) in [6.07, 6.45) is 0. The molecular weight excluding hydrogens is 304 g/mol. The Labute approximate surface area is 110 Å². The topological polar surface area (TPSA) is 69.2 Å². The Hall–Kier alpha value is -1.24. The molecule has 1 aromatic heterocycles. The molecule has 4 nitrogen and oxygen atoms in total. The second-order valence-electron chi connectivity index (χ2n) is 3.50. The lowest BCUT2D eigenvalue weighted by molar-refractivity contribution is -0.385. The Bertz CT molecular complexity index is 542. The minimum Gasteiger partial charge on any atom is -0.320 e. The average Bonchev–Trinajstić information content (AvgIpc) is 2.81. The van der Waals surface area contributed by atoms with Crippen LogP contribution in [0.25, 0.3) is 0 Å². The van der Waals surface area contributed by atoms with Crippen molar-refractivity contribution in [1.29, 1.82) is 0 Å². The number of benzene rings is 1. The van der Waals surface area contributed by atoms with Crippen LogP contribution in [0.4, 0.5) is 5.69 Å². The standard InChI is InChI=1S/C11H9BrN2O2S/c12-9-2-1-7(5-10(9)14(15)16)11(13)8-3-4-17-6-8/h1-6,11H,13H2/t11-/m1/s1. The Kier molecular flexibility index (Phi) is 3.56. The summed E-state index contributed by atoms with van der Waals surface area (Å²) in [5, 5.41) is 14.7. The number of thiophene rings is 1. The number of nitro benzene ring substituents is 1. The number of hydrogen-bond donors (Lipinski definition) is 1. The summed E-state index contributed by atoms with van der Waals surface area (Å²) >= 11 is 4.70. The van der Waals surface area contributed by atoms with Crippen LogP contribution in [0.5, 0.6) is 0 Å². The van der Waals surface area contributed by atoms with Crippen LogP contribution in [0.15, 0.2) is 39.5 Å². The van der Waals surface area contributed by atoms with Gasteiger partial charge in [0.15, 0.2) is 0 Å². The molecule has 0 aliphatic heterocycles. The molecule has 0 bridgehead atoms. The molecule has 2 N–H and O–H groups in total. The molecule has 2 rings (SSSR count). The molecule has 88 valence electrons. The lowest BCUT2D eigenvalue weighted by Crippen LogP contribution is -2.11. The van der Waals surface area contributed by atoms with E-state index in [0.717, 1.165) is 11.1 Å². The van der Waals surface area contributed by atoms with Gasteiger partial charge in [-0.3, -0.25) is 10.1 Å². The highest BCUT2D eigenvalue weighted by molar-refractivity contribution is 9.10. The molecule has 0 saturated heterocycles. The van der Waals surface area contributed by atoms with E-state index in [1.165, 1.54) is 6.07 Å². The Morgan fingerprint density at radius 2 is 2.12 bits per heavy atom. The summed E-state index contributed by atoms with van der Waals surface area (Å²) in [4.78, 5) is 10.4. The van der Waals surface area contributed by atoms with E-state index in [-0.39, 0.29) is 11.7 Å². The van der Waals surface area contributed by atoms with E-state index >= 15 is 0 Å². The summed E-state index contributed by atoms with van der Waals surface area (Å²) in [6, 6.07) is 6.54. The van der Waals surface area contributed by atoms with Crippen LogP contribution in [0.2, 0.25) is 0 Å². The zero-order chi connectivity index (χ0) is 12.4. The predicted molar refractivity (Wildman–Crippen MR) is 71.1 cm³/mol. The van der Waals surface area contributed by atoms with E-state index in [1.807, 2.05) is 16.8 Å². The molecule has 0 radical (unpaired) electrons. The molecule has 0 amide bonds. The fraction of sp³-hybridized carbons (Fsp3) is 0.0909. The van der Waals surface area contributed by atoms with Crippen molar-refractivity contribution < 1.29 is 4.92 Å². The third kappa shape index (κ3) is 2.54. The lowest BCUT2D eigenvalue weighted by atomic mass is 10.0. The molecule has 1 heterocycles. The quantitative estimate of drug-likeness (QED) is 0.697. The van der Waals surface area contributed by atoms with Crippen LogP contribution in [0.1, 0.15) is 17.2 Å². The van der Waals surface area contributed by atoms with Crippen molar-refractivity contribution in [3.8, 4) is 0 Å². The Morgan fingerprint density at radius 1 is 1.35 bits per heavy atom. The number of rotatable bonds is 3. The van der Waals surface area contributed by atoms with Crippen LogP contribution in [0, 0.1) is 10.1 Å². The number of nitrogens with two attached hydrogens (primary N) is 1. The van der Waals surface area contributed by atoms with Gasteiger partial charge in [0.1, 0.15) is 0 Å². The molecule has 6 heteroatoms. The maximum absolute atomic E-state index is 10.8. The number of nitro groups is 1. The van der Waals surface area contributed by atoms with Crippen molar-refractivity contribution in [2.24, 2.45) is 5.73 Å². The van der Waals surface area contributed by atoms with Crippen LogP contribution < -0.4 is 5.73 Å². The van der Waals surface area contributed by atoms with Gasteiger partial charge in [0.05, 0.1) is 15.4 Å². The molecule has 1 atom stereocenters. The second-order valence-corrected chi connectivity index (χ2v) is 5.14. The van der Waals surface area contributed by atoms with Crippen molar-refractivity contribution in [1.82, 2.24) is 0 Å². The molecule has 0 spiro atoms. The van der Waals surface area contributed by atoms with Gasteiger partial charge in [-0.1, -0.05) is 6.07 Å². The van der Waals surface area contributed by atoms with Gasteiger partial charge in [-0.2, -0.15) is 11.3 Å². The minimum atomic E-state index is -0.423. The van der Waals surface area contributed by atoms with Gasteiger partial charge in [0.25, 0.3) is 5.69 Å². The Morgan fingerprint density at radius 3 is 2.71 bits per heavy atom. The van der Waals surface area contributed by atoms with Crippen LogP contribution >= 0.6 is 27.3 Å². The van der Waals surface area contributed by atoms with Gasteiger partial charge in [0.2, 0.25) is 0 Å². The fourth-order valence-electron chi connectivity index (χ4n) is 1.51. The largest absolute Gasteiger partial charge is 0.320 e. The fourth-order valence-corrected chi connectivity index (χ4v) is 2.60. The minimum absolute atomic E-state index is 0.0354. The highest BCUT2D eigenvalue weighted by Crippen LogP contribution is 2.30. The number of halogens is 1. The van der Waals surface area contributed by atoms with Crippen molar-refractivity contribution in [3.05, 3.63) is 60.7 Å². The zero-order valence-corrected chi connectivity index (χ0v) is 11.1. The lowest BCUT2D eigenvalue weighted by Gasteiger charge is -2.10. The highest BCUT2D eigenvalue weighted by atomic mass is 79.9. The summed E-state index contributed by atoms with van der Waals surface area (Å²) < 4.78 is 0.462. The summed E-state index contributed by atoms with van der Waals surface area (Å²) in [7, 11) is 0. The van der Waals surface area contributed by atoms with Gasteiger partial charge < -0.3 is 5.73 Å². The van der Waals surface area contributed by atoms with E-state index in [0.29, 0.717) is 4.47 Å². The third-order valence-corrected chi connectivity index (χ3v) is 3.80. The number of nitrogens with zero attached hydrogens (tertiary/aromatic N) is 1. The van der Waals surface area contributed by atoms with Crippen LogP contribution in [-0.4, -0.2) is 4.92 Å². The van der Waals surface area contributed by atoms with Crippen LogP contribution in [0.3, 0.4) is 0 Å². The van der Waals surface area contributed by atoms with Gasteiger partial charge >= 0.3 is 0 Å². The van der Waals surface area contributed by atoms with Gasteiger partial charge in [-0.15, -0.1) is 0 Å². The smallest absolute Gasteiger partial charge is 0.283 e.